The highest BCUT2D eigenvalue weighted by atomic mass is 16.5. The van der Waals surface area contributed by atoms with Gasteiger partial charge in [0.25, 0.3) is 0 Å². The molecule has 0 saturated heterocycles. The van der Waals surface area contributed by atoms with Crippen LogP contribution in [0, 0.1) is 6.92 Å². The van der Waals surface area contributed by atoms with Crippen molar-refractivity contribution in [3.8, 4) is 5.75 Å². The van der Waals surface area contributed by atoms with Crippen LogP contribution in [0.5, 0.6) is 5.75 Å². The quantitative estimate of drug-likeness (QED) is 0.588. The number of aryl methyl sites for hydroxylation is 1. The average Bonchev–Trinajstić information content (AvgIpc) is 2.21. The number of hydrogen-bond acceptors (Lipinski definition) is 1. The van der Waals surface area contributed by atoms with Crippen LogP contribution >= 0.6 is 0 Å². The first-order chi connectivity index (χ1) is 6.36. The molecule has 0 amide bonds. The Morgan fingerprint density at radius 3 is 2.77 bits per heavy atom. The van der Waals surface area contributed by atoms with Crippen molar-refractivity contribution in [2.75, 3.05) is 6.61 Å². The molecular formula is C12H16O. The second-order valence-corrected chi connectivity index (χ2v) is 2.75. The first-order valence-corrected chi connectivity index (χ1v) is 4.76. The molecule has 0 N–H and O–H groups in total. The summed E-state index contributed by atoms with van der Waals surface area (Å²) in [6.45, 7) is 6.78. The zero-order valence-electron chi connectivity index (χ0n) is 8.50. The van der Waals surface area contributed by atoms with Gasteiger partial charge in [0.2, 0.25) is 0 Å². The molecule has 1 heteroatoms. The second-order valence-electron chi connectivity index (χ2n) is 2.75. The summed E-state index contributed by atoms with van der Waals surface area (Å²) < 4.78 is 5.42. The lowest BCUT2D eigenvalue weighted by Gasteiger charge is -2.11. The van der Waals surface area contributed by atoms with E-state index in [1.807, 2.05) is 19.9 Å². The highest BCUT2D eigenvalue weighted by Gasteiger charge is 2.03. The van der Waals surface area contributed by atoms with Crippen LogP contribution in [-0.4, -0.2) is 6.61 Å². The number of hydrogen-bond donors (Lipinski definition) is 0. The zero-order chi connectivity index (χ0) is 9.68. The number of benzene rings is 1. The average molecular weight is 176 g/mol. The second kappa shape index (κ2) is 4.70. The summed E-state index contributed by atoms with van der Waals surface area (Å²) in [6.07, 6.45) is 4.12. The van der Waals surface area contributed by atoms with Gasteiger partial charge in [0.15, 0.2) is 0 Å². The molecule has 0 aromatic heterocycles. The van der Waals surface area contributed by atoms with Crippen molar-refractivity contribution >= 4 is 6.08 Å². The van der Waals surface area contributed by atoms with E-state index in [4.69, 9.17) is 4.74 Å². The monoisotopic (exact) mass is 176 g/mol. The minimum atomic E-state index is 0.705. The van der Waals surface area contributed by atoms with Crippen LogP contribution in [0.15, 0.2) is 24.3 Å². The van der Waals surface area contributed by atoms with Gasteiger partial charge in [-0.25, -0.2) is 0 Å². The predicted octanol–water partition coefficient (Wildman–Crippen LogP) is 3.43. The summed E-state index contributed by atoms with van der Waals surface area (Å²) in [5.41, 5.74) is 2.43. The molecule has 1 aliphatic rings. The zero-order valence-corrected chi connectivity index (χ0v) is 8.50. The maximum Gasteiger partial charge on any atom is 0.127 e. The largest absolute Gasteiger partial charge is 0.489 e. The molecule has 1 aliphatic heterocycles. The fraction of sp³-hybridized carbons (Fsp3) is 0.333. The third kappa shape index (κ3) is 2.35. The van der Waals surface area contributed by atoms with Crippen LogP contribution in [0.4, 0.5) is 0 Å². The molecule has 13 heavy (non-hydrogen) atoms. The number of fused-ring (bicyclic) bond motifs is 1. The molecule has 1 aromatic rings. The number of rotatable bonds is 0. The van der Waals surface area contributed by atoms with Crippen LogP contribution < -0.4 is 4.74 Å². The third-order valence-corrected chi connectivity index (χ3v) is 1.80. The minimum Gasteiger partial charge on any atom is -0.489 e. The SMILES string of the molecule is CC.Cc1ccc2c(c1)OCC=C2. The van der Waals surface area contributed by atoms with E-state index in [2.05, 4.69) is 31.2 Å². The maximum atomic E-state index is 5.42. The molecular weight excluding hydrogens is 160 g/mol. The Kier molecular flexibility index (Phi) is 3.56. The molecule has 2 rings (SSSR count). The van der Waals surface area contributed by atoms with Gasteiger partial charge in [-0.15, -0.1) is 0 Å². The van der Waals surface area contributed by atoms with E-state index in [-0.39, 0.29) is 0 Å². The Balaban J connectivity index is 0.000000396. The lowest BCUT2D eigenvalue weighted by atomic mass is 10.1. The van der Waals surface area contributed by atoms with Crippen molar-refractivity contribution < 1.29 is 4.74 Å². The molecule has 0 saturated carbocycles. The Hall–Kier alpha value is -1.24. The van der Waals surface area contributed by atoms with Gasteiger partial charge in [0, 0.05) is 5.56 Å². The van der Waals surface area contributed by atoms with E-state index in [0.717, 1.165) is 5.75 Å². The molecule has 0 radical (unpaired) electrons. The van der Waals surface area contributed by atoms with E-state index in [1.165, 1.54) is 11.1 Å². The van der Waals surface area contributed by atoms with Crippen molar-refractivity contribution in [2.24, 2.45) is 0 Å². The summed E-state index contributed by atoms with van der Waals surface area (Å²) in [7, 11) is 0. The van der Waals surface area contributed by atoms with E-state index in [0.29, 0.717) is 6.61 Å². The topological polar surface area (TPSA) is 9.23 Å². The third-order valence-electron chi connectivity index (χ3n) is 1.80. The van der Waals surface area contributed by atoms with Crippen LogP contribution in [0.1, 0.15) is 25.0 Å². The smallest absolute Gasteiger partial charge is 0.127 e. The van der Waals surface area contributed by atoms with Crippen molar-refractivity contribution in [2.45, 2.75) is 20.8 Å². The molecule has 0 spiro atoms. The van der Waals surface area contributed by atoms with E-state index in [1.54, 1.807) is 0 Å². The normalized spacial score (nSPS) is 12.2. The Labute approximate surface area is 80.0 Å². The molecule has 1 aromatic carbocycles. The van der Waals surface area contributed by atoms with Gasteiger partial charge in [-0.3, -0.25) is 0 Å². The highest BCUT2D eigenvalue weighted by molar-refractivity contribution is 5.59. The number of ether oxygens (including phenoxy) is 1. The summed E-state index contributed by atoms with van der Waals surface area (Å²) in [5, 5.41) is 0. The van der Waals surface area contributed by atoms with E-state index in [9.17, 15) is 0 Å². The van der Waals surface area contributed by atoms with Gasteiger partial charge >= 0.3 is 0 Å². The van der Waals surface area contributed by atoms with Crippen LogP contribution in [-0.2, 0) is 0 Å². The molecule has 70 valence electrons. The minimum absolute atomic E-state index is 0.705. The van der Waals surface area contributed by atoms with Crippen LogP contribution in [0.3, 0.4) is 0 Å². The van der Waals surface area contributed by atoms with Crippen molar-refractivity contribution in [1.82, 2.24) is 0 Å². The summed E-state index contributed by atoms with van der Waals surface area (Å²) in [4.78, 5) is 0. The van der Waals surface area contributed by atoms with Crippen LogP contribution in [0.2, 0.25) is 0 Å². The Morgan fingerprint density at radius 1 is 1.23 bits per heavy atom. The molecule has 1 heterocycles. The van der Waals surface area contributed by atoms with Gasteiger partial charge in [0.05, 0.1) is 0 Å². The van der Waals surface area contributed by atoms with Crippen molar-refractivity contribution in [3.05, 3.63) is 35.4 Å². The predicted molar refractivity (Wildman–Crippen MR) is 57.1 cm³/mol. The molecule has 0 atom stereocenters. The van der Waals surface area contributed by atoms with Crippen molar-refractivity contribution in [3.63, 3.8) is 0 Å². The Bertz CT molecular complexity index is 300. The molecule has 0 aliphatic carbocycles. The molecule has 0 bridgehead atoms. The van der Waals surface area contributed by atoms with Gasteiger partial charge in [-0.1, -0.05) is 32.1 Å². The van der Waals surface area contributed by atoms with Crippen LogP contribution in [0.25, 0.3) is 6.08 Å². The molecule has 1 nitrogen and oxygen atoms in total. The first kappa shape index (κ1) is 9.85. The molecule has 0 unspecified atom stereocenters. The maximum absolute atomic E-state index is 5.42. The summed E-state index contributed by atoms with van der Waals surface area (Å²) in [5.74, 6) is 1.01. The van der Waals surface area contributed by atoms with E-state index >= 15 is 0 Å². The van der Waals surface area contributed by atoms with Gasteiger partial charge in [-0.05, 0) is 24.6 Å². The first-order valence-electron chi connectivity index (χ1n) is 4.76. The standard InChI is InChI=1S/C10H10O.C2H6/c1-8-4-5-9-3-2-6-11-10(9)7-8;1-2/h2-5,7H,6H2,1H3;1-2H3. The fourth-order valence-electron chi connectivity index (χ4n) is 1.22. The van der Waals surface area contributed by atoms with Crippen molar-refractivity contribution in [1.29, 1.82) is 0 Å². The highest BCUT2D eigenvalue weighted by Crippen LogP contribution is 2.24. The van der Waals surface area contributed by atoms with Gasteiger partial charge in [-0.2, -0.15) is 0 Å². The fourth-order valence-corrected chi connectivity index (χ4v) is 1.22. The van der Waals surface area contributed by atoms with Gasteiger partial charge < -0.3 is 4.74 Å². The summed E-state index contributed by atoms with van der Waals surface area (Å²) >= 11 is 0. The summed E-state index contributed by atoms with van der Waals surface area (Å²) in [6, 6.07) is 6.25. The Morgan fingerprint density at radius 2 is 2.00 bits per heavy atom. The van der Waals surface area contributed by atoms with E-state index < -0.39 is 0 Å². The lowest BCUT2D eigenvalue weighted by molar-refractivity contribution is 0.358. The molecule has 0 fully saturated rings. The van der Waals surface area contributed by atoms with Gasteiger partial charge in [0.1, 0.15) is 12.4 Å². The lowest BCUT2D eigenvalue weighted by Crippen LogP contribution is -1.99.